The SMILES string of the molecule is CC(C)c1nc2ccc(CC3CCCN3)cc2o1. The van der Waals surface area contributed by atoms with Crippen LogP contribution in [0.25, 0.3) is 11.1 Å². The van der Waals surface area contributed by atoms with Crippen LogP contribution in [0.2, 0.25) is 0 Å². The van der Waals surface area contributed by atoms with Crippen molar-refractivity contribution in [2.24, 2.45) is 0 Å². The standard InChI is InChI=1S/C15H20N2O/c1-10(2)15-17-13-6-5-11(9-14(13)18-15)8-12-4-3-7-16-12/h5-6,9-10,12,16H,3-4,7-8H2,1-2H3. The molecule has 1 atom stereocenters. The number of aromatic nitrogens is 1. The molecule has 0 amide bonds. The molecule has 1 aromatic heterocycles. The van der Waals surface area contributed by atoms with Crippen molar-refractivity contribution in [3.63, 3.8) is 0 Å². The summed E-state index contributed by atoms with van der Waals surface area (Å²) in [5, 5.41) is 3.53. The van der Waals surface area contributed by atoms with Crippen LogP contribution in [0.5, 0.6) is 0 Å². The van der Waals surface area contributed by atoms with Crippen LogP contribution in [0.4, 0.5) is 0 Å². The molecule has 3 rings (SSSR count). The Balaban J connectivity index is 1.85. The smallest absolute Gasteiger partial charge is 0.198 e. The van der Waals surface area contributed by atoms with Crippen LogP contribution in [0, 0.1) is 0 Å². The third kappa shape index (κ3) is 2.27. The third-order valence-corrected chi connectivity index (χ3v) is 3.61. The largest absolute Gasteiger partial charge is 0.440 e. The highest BCUT2D eigenvalue weighted by molar-refractivity contribution is 5.73. The second-order valence-corrected chi connectivity index (χ2v) is 5.51. The maximum atomic E-state index is 5.80. The summed E-state index contributed by atoms with van der Waals surface area (Å²) in [5.41, 5.74) is 3.24. The number of nitrogens with zero attached hydrogens (tertiary/aromatic N) is 1. The molecule has 1 unspecified atom stereocenters. The molecule has 2 aromatic rings. The number of nitrogens with one attached hydrogen (secondary N) is 1. The second kappa shape index (κ2) is 4.73. The van der Waals surface area contributed by atoms with Crippen LogP contribution < -0.4 is 5.32 Å². The monoisotopic (exact) mass is 244 g/mol. The van der Waals surface area contributed by atoms with E-state index in [1.54, 1.807) is 0 Å². The maximum absolute atomic E-state index is 5.80. The Morgan fingerprint density at radius 3 is 3.06 bits per heavy atom. The molecule has 0 spiro atoms. The molecule has 18 heavy (non-hydrogen) atoms. The van der Waals surface area contributed by atoms with Crippen molar-refractivity contribution in [1.82, 2.24) is 10.3 Å². The van der Waals surface area contributed by atoms with Gasteiger partial charge in [-0.2, -0.15) is 0 Å². The number of benzene rings is 1. The minimum Gasteiger partial charge on any atom is -0.440 e. The molecule has 1 aliphatic rings. The van der Waals surface area contributed by atoms with Crippen LogP contribution in [0.15, 0.2) is 22.6 Å². The summed E-state index contributed by atoms with van der Waals surface area (Å²) in [5.74, 6) is 1.18. The fourth-order valence-corrected chi connectivity index (χ4v) is 2.58. The van der Waals surface area contributed by atoms with E-state index in [1.165, 1.54) is 18.4 Å². The maximum Gasteiger partial charge on any atom is 0.198 e. The van der Waals surface area contributed by atoms with Crippen molar-refractivity contribution >= 4 is 11.1 Å². The lowest BCUT2D eigenvalue weighted by atomic mass is 10.0. The second-order valence-electron chi connectivity index (χ2n) is 5.51. The van der Waals surface area contributed by atoms with Crippen LogP contribution >= 0.6 is 0 Å². The average molecular weight is 244 g/mol. The van der Waals surface area contributed by atoms with Crippen LogP contribution in [-0.4, -0.2) is 17.6 Å². The van der Waals surface area contributed by atoms with E-state index >= 15 is 0 Å². The van der Waals surface area contributed by atoms with Crippen LogP contribution in [0.1, 0.15) is 44.1 Å². The molecule has 1 fully saturated rings. The molecule has 0 aliphatic carbocycles. The molecular formula is C15H20N2O. The fraction of sp³-hybridized carbons (Fsp3) is 0.533. The van der Waals surface area contributed by atoms with Gasteiger partial charge < -0.3 is 9.73 Å². The van der Waals surface area contributed by atoms with Gasteiger partial charge in [0.2, 0.25) is 0 Å². The Morgan fingerprint density at radius 1 is 1.44 bits per heavy atom. The summed E-state index contributed by atoms with van der Waals surface area (Å²) in [6, 6.07) is 7.04. The summed E-state index contributed by atoms with van der Waals surface area (Å²) in [4.78, 5) is 4.50. The topological polar surface area (TPSA) is 38.1 Å². The predicted octanol–water partition coefficient (Wildman–Crippen LogP) is 3.25. The fourth-order valence-electron chi connectivity index (χ4n) is 2.58. The zero-order valence-electron chi connectivity index (χ0n) is 11.1. The molecule has 1 N–H and O–H groups in total. The molecular weight excluding hydrogens is 224 g/mol. The Morgan fingerprint density at radius 2 is 2.33 bits per heavy atom. The number of oxazole rings is 1. The van der Waals surface area contributed by atoms with E-state index in [1.807, 2.05) is 0 Å². The van der Waals surface area contributed by atoms with E-state index in [-0.39, 0.29) is 0 Å². The number of rotatable bonds is 3. The minimum atomic E-state index is 0.345. The van der Waals surface area contributed by atoms with E-state index in [0.717, 1.165) is 30.0 Å². The van der Waals surface area contributed by atoms with Gasteiger partial charge in [0.1, 0.15) is 5.52 Å². The van der Waals surface area contributed by atoms with E-state index in [4.69, 9.17) is 4.42 Å². The summed E-state index contributed by atoms with van der Waals surface area (Å²) in [6.07, 6.45) is 3.67. The highest BCUT2D eigenvalue weighted by Gasteiger charge is 2.15. The van der Waals surface area contributed by atoms with Gasteiger partial charge in [0, 0.05) is 12.0 Å². The lowest BCUT2D eigenvalue weighted by molar-refractivity contribution is 0.501. The molecule has 0 radical (unpaired) electrons. The normalized spacial score (nSPS) is 20.1. The van der Waals surface area contributed by atoms with Crippen LogP contribution in [0.3, 0.4) is 0 Å². The Hall–Kier alpha value is -1.35. The molecule has 1 aromatic carbocycles. The highest BCUT2D eigenvalue weighted by atomic mass is 16.3. The summed E-state index contributed by atoms with van der Waals surface area (Å²) < 4.78 is 5.80. The van der Waals surface area contributed by atoms with Crippen molar-refractivity contribution in [2.75, 3.05) is 6.54 Å². The van der Waals surface area contributed by atoms with Crippen molar-refractivity contribution in [3.05, 3.63) is 29.7 Å². The van der Waals surface area contributed by atoms with Crippen molar-refractivity contribution < 1.29 is 4.42 Å². The molecule has 0 bridgehead atoms. The number of hydrogen-bond acceptors (Lipinski definition) is 3. The zero-order chi connectivity index (χ0) is 12.5. The molecule has 96 valence electrons. The lowest BCUT2D eigenvalue weighted by Gasteiger charge is -2.09. The number of hydrogen-bond donors (Lipinski definition) is 1. The van der Waals surface area contributed by atoms with Gasteiger partial charge in [0.15, 0.2) is 11.5 Å². The van der Waals surface area contributed by atoms with E-state index < -0.39 is 0 Å². The Kier molecular flexibility index (Phi) is 3.08. The van der Waals surface area contributed by atoms with Crippen molar-refractivity contribution in [2.45, 2.75) is 45.1 Å². The molecule has 0 saturated carbocycles. The van der Waals surface area contributed by atoms with Crippen molar-refractivity contribution in [3.8, 4) is 0 Å². The van der Waals surface area contributed by atoms with Gasteiger partial charge >= 0.3 is 0 Å². The van der Waals surface area contributed by atoms with Gasteiger partial charge in [-0.15, -0.1) is 0 Å². The van der Waals surface area contributed by atoms with Gasteiger partial charge in [-0.3, -0.25) is 0 Å². The van der Waals surface area contributed by atoms with E-state index in [0.29, 0.717) is 12.0 Å². The van der Waals surface area contributed by atoms with Crippen LogP contribution in [-0.2, 0) is 6.42 Å². The average Bonchev–Trinajstić information content (AvgIpc) is 2.96. The quantitative estimate of drug-likeness (QED) is 0.900. The predicted molar refractivity (Wildman–Crippen MR) is 72.8 cm³/mol. The molecule has 1 saturated heterocycles. The first kappa shape index (κ1) is 11.7. The molecule has 2 heterocycles. The number of fused-ring (bicyclic) bond motifs is 1. The minimum absolute atomic E-state index is 0.345. The van der Waals surface area contributed by atoms with Gasteiger partial charge in [-0.05, 0) is 43.5 Å². The molecule has 3 nitrogen and oxygen atoms in total. The first-order chi connectivity index (χ1) is 8.72. The van der Waals surface area contributed by atoms with Crippen molar-refractivity contribution in [1.29, 1.82) is 0 Å². The molecule has 1 aliphatic heterocycles. The van der Waals surface area contributed by atoms with Gasteiger partial charge in [0.05, 0.1) is 0 Å². The first-order valence-corrected chi connectivity index (χ1v) is 6.85. The Labute approximate surface area is 108 Å². The Bertz CT molecular complexity index is 538. The summed E-state index contributed by atoms with van der Waals surface area (Å²) in [7, 11) is 0. The first-order valence-electron chi connectivity index (χ1n) is 6.85. The van der Waals surface area contributed by atoms with Gasteiger partial charge in [-0.1, -0.05) is 19.9 Å². The molecule has 3 heteroatoms. The lowest BCUT2D eigenvalue weighted by Crippen LogP contribution is -2.23. The van der Waals surface area contributed by atoms with E-state index in [2.05, 4.69) is 42.3 Å². The van der Waals surface area contributed by atoms with Gasteiger partial charge in [-0.25, -0.2) is 4.98 Å². The van der Waals surface area contributed by atoms with Gasteiger partial charge in [0.25, 0.3) is 0 Å². The zero-order valence-corrected chi connectivity index (χ0v) is 11.1. The summed E-state index contributed by atoms with van der Waals surface area (Å²) in [6.45, 7) is 5.37. The van der Waals surface area contributed by atoms with E-state index in [9.17, 15) is 0 Å². The summed E-state index contributed by atoms with van der Waals surface area (Å²) >= 11 is 0. The third-order valence-electron chi connectivity index (χ3n) is 3.61. The highest BCUT2D eigenvalue weighted by Crippen LogP contribution is 2.23.